The fourth-order valence-corrected chi connectivity index (χ4v) is 4.63. The van der Waals surface area contributed by atoms with E-state index in [0.29, 0.717) is 50.9 Å². The first kappa shape index (κ1) is 19.9. The number of rotatable bonds is 7. The van der Waals surface area contributed by atoms with Gasteiger partial charge in [-0.1, -0.05) is 17.4 Å². The summed E-state index contributed by atoms with van der Waals surface area (Å²) in [6, 6.07) is 6.18. The summed E-state index contributed by atoms with van der Waals surface area (Å²) in [4.78, 5) is 20.6. The van der Waals surface area contributed by atoms with Crippen LogP contribution in [0.1, 0.15) is 15.2 Å². The molecular weight excluding hydrogens is 408 g/mol. The van der Waals surface area contributed by atoms with Crippen LogP contribution in [0.15, 0.2) is 24.4 Å². The molecule has 0 aliphatic carbocycles. The maximum absolute atomic E-state index is 12.8. The highest BCUT2D eigenvalue weighted by atomic mass is 32.1. The van der Waals surface area contributed by atoms with Crippen molar-refractivity contribution in [1.82, 2.24) is 19.6 Å². The number of hydrogen-bond acceptors (Lipinski definition) is 8. The van der Waals surface area contributed by atoms with Crippen molar-refractivity contribution in [3.63, 3.8) is 0 Å². The van der Waals surface area contributed by atoms with Gasteiger partial charge in [-0.15, -0.1) is 0 Å². The number of benzene rings is 1. The topological polar surface area (TPSA) is 86.6 Å². The fraction of sp³-hybridized carbons (Fsp3) is 0.500. The maximum Gasteiger partial charge on any atom is 0.265 e. The Morgan fingerprint density at radius 2 is 1.93 bits per heavy atom. The smallest absolute Gasteiger partial charge is 0.265 e. The van der Waals surface area contributed by atoms with Gasteiger partial charge >= 0.3 is 0 Å². The van der Waals surface area contributed by atoms with Gasteiger partial charge in [-0.2, -0.15) is 0 Å². The molecule has 3 aromatic rings. The van der Waals surface area contributed by atoms with Crippen LogP contribution in [0, 0.1) is 0 Å². The van der Waals surface area contributed by atoms with Crippen molar-refractivity contribution in [2.75, 3.05) is 46.6 Å². The molecule has 0 radical (unpaired) electrons. The van der Waals surface area contributed by atoms with Gasteiger partial charge in [0.25, 0.3) is 5.91 Å². The lowest BCUT2D eigenvalue weighted by Crippen LogP contribution is -2.34. The molecule has 5 rings (SSSR count). The van der Waals surface area contributed by atoms with E-state index in [1.54, 1.807) is 11.9 Å². The molecule has 30 heavy (non-hydrogen) atoms. The van der Waals surface area contributed by atoms with E-state index in [1.165, 1.54) is 11.3 Å². The highest BCUT2D eigenvalue weighted by Crippen LogP contribution is 2.25. The monoisotopic (exact) mass is 432 g/mol. The molecule has 1 N–H and O–H groups in total. The largest absolute Gasteiger partial charge is 0.349 e. The number of carbonyl (C=O) groups is 1. The number of likely N-dealkylation sites (N-methyl/N-ethyl adjacent to an activating group) is 1. The Labute approximate surface area is 177 Å². The molecule has 0 unspecified atom stereocenters. The highest BCUT2D eigenvalue weighted by Gasteiger charge is 2.23. The molecule has 4 heterocycles. The summed E-state index contributed by atoms with van der Waals surface area (Å²) in [7, 11) is 1.76. The van der Waals surface area contributed by atoms with Crippen LogP contribution in [0.4, 0.5) is 0 Å². The van der Waals surface area contributed by atoms with Crippen LogP contribution < -0.4 is 5.32 Å². The first-order chi connectivity index (χ1) is 14.7. The number of ether oxygens (including phenoxy) is 4. The summed E-state index contributed by atoms with van der Waals surface area (Å²) in [6.07, 6.45) is 1.35. The Morgan fingerprint density at radius 1 is 1.20 bits per heavy atom. The minimum atomic E-state index is -0.345. The molecule has 2 saturated heterocycles. The Bertz CT molecular complexity index is 1040. The molecule has 0 bridgehead atoms. The van der Waals surface area contributed by atoms with E-state index in [9.17, 15) is 4.79 Å². The summed E-state index contributed by atoms with van der Waals surface area (Å²) >= 11 is 1.39. The van der Waals surface area contributed by atoms with Gasteiger partial charge in [0, 0.05) is 26.3 Å². The minimum Gasteiger partial charge on any atom is -0.349 e. The minimum absolute atomic E-state index is 0.0603. The van der Waals surface area contributed by atoms with E-state index in [0.717, 1.165) is 21.6 Å². The van der Waals surface area contributed by atoms with Crippen LogP contribution in [-0.4, -0.2) is 79.3 Å². The average molecular weight is 433 g/mol. The number of nitrogens with one attached hydrogen (secondary N) is 1. The molecule has 2 aliphatic rings. The van der Waals surface area contributed by atoms with E-state index in [4.69, 9.17) is 23.9 Å². The third-order valence-electron chi connectivity index (χ3n) is 5.17. The molecule has 160 valence electrons. The zero-order valence-corrected chi connectivity index (χ0v) is 17.5. The molecule has 0 spiro atoms. The van der Waals surface area contributed by atoms with Gasteiger partial charge in [-0.25, -0.2) is 4.98 Å². The van der Waals surface area contributed by atoms with Gasteiger partial charge in [0.2, 0.25) is 0 Å². The second-order valence-corrected chi connectivity index (χ2v) is 8.35. The van der Waals surface area contributed by atoms with Crippen molar-refractivity contribution in [3.05, 3.63) is 34.8 Å². The lowest BCUT2D eigenvalue weighted by atomic mass is 10.2. The number of nitrogens with zero attached hydrogens (tertiary/aromatic N) is 3. The summed E-state index contributed by atoms with van der Waals surface area (Å²) < 4.78 is 23.7. The molecule has 9 nitrogen and oxygen atoms in total. The van der Waals surface area contributed by atoms with Gasteiger partial charge in [-0.3, -0.25) is 9.20 Å². The quantitative estimate of drug-likeness (QED) is 0.605. The third-order valence-corrected chi connectivity index (χ3v) is 6.14. The molecular formula is C20H24N4O5S. The number of aromatic nitrogens is 2. The zero-order chi connectivity index (χ0) is 20.5. The Morgan fingerprint density at radius 3 is 2.70 bits per heavy atom. The predicted molar refractivity (Wildman–Crippen MR) is 111 cm³/mol. The van der Waals surface area contributed by atoms with Crippen molar-refractivity contribution in [2.45, 2.75) is 19.1 Å². The van der Waals surface area contributed by atoms with Crippen LogP contribution in [0.2, 0.25) is 0 Å². The van der Waals surface area contributed by atoms with Gasteiger partial charge in [0.05, 0.1) is 44.0 Å². The number of fused-ring (bicyclic) bond motifs is 3. The van der Waals surface area contributed by atoms with E-state index in [1.807, 2.05) is 16.7 Å². The Balaban J connectivity index is 1.27. The second kappa shape index (κ2) is 8.58. The zero-order valence-electron chi connectivity index (χ0n) is 16.7. The summed E-state index contributed by atoms with van der Waals surface area (Å²) in [5.41, 5.74) is 3.03. The third kappa shape index (κ3) is 4.07. The van der Waals surface area contributed by atoms with E-state index < -0.39 is 0 Å². The van der Waals surface area contributed by atoms with Crippen molar-refractivity contribution >= 4 is 33.2 Å². The summed E-state index contributed by atoms with van der Waals surface area (Å²) in [6.45, 7) is 4.25. The molecule has 1 amide bonds. The molecule has 1 aromatic carbocycles. The normalized spacial score (nSPS) is 18.2. The number of carbonyl (C=O) groups excluding carboxylic acids is 1. The van der Waals surface area contributed by atoms with Crippen molar-refractivity contribution < 1.29 is 23.7 Å². The predicted octanol–water partition coefficient (Wildman–Crippen LogP) is 1.46. The van der Waals surface area contributed by atoms with E-state index in [-0.39, 0.29) is 18.5 Å². The number of hydrogen-bond donors (Lipinski definition) is 1. The maximum atomic E-state index is 12.8. The fourth-order valence-electron chi connectivity index (χ4n) is 3.64. The highest BCUT2D eigenvalue weighted by molar-refractivity contribution is 7.18. The first-order valence-corrected chi connectivity index (χ1v) is 10.8. The van der Waals surface area contributed by atoms with E-state index >= 15 is 0 Å². The molecule has 0 saturated carbocycles. The lowest BCUT2D eigenvalue weighted by Gasteiger charge is -2.19. The van der Waals surface area contributed by atoms with Crippen LogP contribution in [-0.2, 0) is 25.5 Å². The molecule has 2 aromatic heterocycles. The molecule has 2 fully saturated rings. The van der Waals surface area contributed by atoms with Crippen molar-refractivity contribution in [1.29, 1.82) is 0 Å². The second-order valence-electron chi connectivity index (χ2n) is 7.34. The van der Waals surface area contributed by atoms with Crippen LogP contribution >= 0.6 is 11.3 Å². The Kier molecular flexibility index (Phi) is 5.68. The van der Waals surface area contributed by atoms with Gasteiger partial charge in [-0.05, 0) is 17.7 Å². The molecule has 0 atom stereocenters. The van der Waals surface area contributed by atoms with Gasteiger partial charge in [0.15, 0.2) is 17.5 Å². The van der Waals surface area contributed by atoms with Crippen LogP contribution in [0.25, 0.3) is 16.0 Å². The number of imidazole rings is 1. The molecule has 10 heteroatoms. The Hall–Kier alpha value is -2.08. The van der Waals surface area contributed by atoms with Crippen molar-refractivity contribution in [3.8, 4) is 0 Å². The van der Waals surface area contributed by atoms with Gasteiger partial charge < -0.3 is 29.2 Å². The standard InChI is InChI=1S/C20H24N4O5S/c1-23(12-18-28-6-7-29-18)19(25)16-11-24-15-3-2-13(8-14(15)22-20(24)30-16)9-21-10-17-26-4-5-27-17/h2-3,8,11,17-18,21H,4-7,9-10,12H2,1H3. The SMILES string of the molecule is CN(CC1OCCO1)C(=O)c1cn2c(nc3cc(CNCC4OCCO4)ccc32)s1. The summed E-state index contributed by atoms with van der Waals surface area (Å²) in [5, 5.41) is 3.35. The number of thiazole rings is 1. The average Bonchev–Trinajstić information content (AvgIpc) is 3.52. The molecule has 2 aliphatic heterocycles. The van der Waals surface area contributed by atoms with Gasteiger partial charge in [0.1, 0.15) is 4.88 Å². The van der Waals surface area contributed by atoms with Crippen LogP contribution in [0.5, 0.6) is 0 Å². The lowest BCUT2D eigenvalue weighted by molar-refractivity contribution is -0.0542. The first-order valence-electron chi connectivity index (χ1n) is 10.0. The van der Waals surface area contributed by atoms with E-state index in [2.05, 4.69) is 17.4 Å². The van der Waals surface area contributed by atoms with Crippen LogP contribution in [0.3, 0.4) is 0 Å². The summed E-state index contributed by atoms with van der Waals surface area (Å²) in [5.74, 6) is -0.0603. The van der Waals surface area contributed by atoms with Crippen molar-refractivity contribution in [2.24, 2.45) is 0 Å². The number of amides is 1.